The zero-order valence-corrected chi connectivity index (χ0v) is 30.3. The second-order valence-electron chi connectivity index (χ2n) is 13.8. The third kappa shape index (κ3) is 7.58. The number of likely N-dealkylation sites (tertiary alicyclic amines) is 1. The number of rotatable bonds is 18. The van der Waals surface area contributed by atoms with Crippen LogP contribution in [0.5, 0.6) is 0 Å². The molecule has 3 amide bonds. The Kier molecular flexibility index (Phi) is 13.1. The van der Waals surface area contributed by atoms with Gasteiger partial charge in [0.15, 0.2) is 0 Å². The van der Waals surface area contributed by atoms with E-state index in [0.717, 1.165) is 12.8 Å². The van der Waals surface area contributed by atoms with Crippen molar-refractivity contribution in [1.82, 2.24) is 15.1 Å². The van der Waals surface area contributed by atoms with Crippen LogP contribution >= 0.6 is 15.9 Å². The molecule has 0 saturated carbocycles. The first kappa shape index (κ1) is 37.8. The lowest BCUT2D eigenvalue weighted by atomic mass is 9.70. The molecule has 0 aromatic heterocycles. The molecule has 1 unspecified atom stereocenters. The molecule has 3 aliphatic heterocycles. The number of hydrogen-bond acceptors (Lipinski definition) is 7. The molecule has 2 bridgehead atoms. The van der Waals surface area contributed by atoms with Crippen LogP contribution in [0.1, 0.15) is 77.9 Å². The molecule has 1 aromatic carbocycles. The van der Waals surface area contributed by atoms with E-state index in [9.17, 15) is 24.3 Å². The number of esters is 1. The number of unbranched alkanes of at least 4 members (excludes halogenated alkanes) is 1. The predicted molar refractivity (Wildman–Crippen MR) is 187 cm³/mol. The average Bonchev–Trinajstić information content (AvgIpc) is 3.66. The Labute approximate surface area is 293 Å². The summed E-state index contributed by atoms with van der Waals surface area (Å²) in [5.41, 5.74) is -0.600. The molecule has 264 valence electrons. The molecule has 2 N–H and O–H groups in total. The SMILES string of the molecule is C=CCCC(=O)N[C@H](C)[C@@H](OC(=O)[C@@H]1[C@H]2O[C@@]3(CC2Br)[C@H](C(=O)N(CC=C)CCCC)N([C@@H](CO)CC(C)C)C(=O)[C@@H]13)c1ccccc1. The number of allylic oxidation sites excluding steroid dienone is 1. The van der Waals surface area contributed by atoms with Crippen molar-refractivity contribution >= 4 is 39.6 Å². The molecule has 1 aromatic rings. The van der Waals surface area contributed by atoms with Crippen molar-refractivity contribution in [1.29, 1.82) is 0 Å². The molecule has 0 radical (unpaired) electrons. The van der Waals surface area contributed by atoms with E-state index in [2.05, 4.69) is 34.4 Å². The third-order valence-electron chi connectivity index (χ3n) is 9.81. The molecule has 3 heterocycles. The van der Waals surface area contributed by atoms with Gasteiger partial charge in [-0.15, -0.1) is 13.2 Å². The quantitative estimate of drug-likeness (QED) is 0.127. The smallest absolute Gasteiger partial charge is 0.313 e. The van der Waals surface area contributed by atoms with Gasteiger partial charge in [-0.25, -0.2) is 0 Å². The molecule has 0 aliphatic carbocycles. The van der Waals surface area contributed by atoms with Crippen LogP contribution in [0.15, 0.2) is 55.6 Å². The van der Waals surface area contributed by atoms with Crippen LogP contribution in [0.3, 0.4) is 0 Å². The fourth-order valence-electron chi connectivity index (χ4n) is 7.74. The van der Waals surface area contributed by atoms with Crippen LogP contribution in [0, 0.1) is 17.8 Å². The first-order chi connectivity index (χ1) is 22.9. The summed E-state index contributed by atoms with van der Waals surface area (Å²) in [7, 11) is 0. The molecule has 3 saturated heterocycles. The van der Waals surface area contributed by atoms with E-state index in [1.54, 1.807) is 24.0 Å². The summed E-state index contributed by atoms with van der Waals surface area (Å²) < 4.78 is 13.0. The molecule has 9 atom stereocenters. The second kappa shape index (κ2) is 16.6. The van der Waals surface area contributed by atoms with Crippen molar-refractivity contribution < 1.29 is 33.8 Å². The number of aliphatic hydroxyl groups excluding tert-OH is 1. The maximum Gasteiger partial charge on any atom is 0.313 e. The molecular formula is C37H52BrN3O7. The zero-order chi connectivity index (χ0) is 35.2. The van der Waals surface area contributed by atoms with Gasteiger partial charge in [-0.05, 0) is 44.1 Å². The standard InChI is InChI=1S/C37H52BrN3O7/c1-7-10-17-28(43)39-24(6)31(25-15-13-12-14-16-25)47-36(46)29-30-34(44)41(26(22-42)20-23(4)5)33(37(30)21-27(38)32(29)48-37)35(45)40(18-9-3)19-11-8-2/h7,9,12-16,23-24,26-27,29-33,42H,1,3,8,10-11,17-22H2,2,4-6H3,(H,39,43)/t24-,26-,27?,29+,30-,31-,32+,33+,37-/m1/s1. The Morgan fingerprint density at radius 3 is 2.52 bits per heavy atom. The van der Waals surface area contributed by atoms with Crippen LogP contribution in [-0.2, 0) is 28.7 Å². The van der Waals surface area contributed by atoms with Crippen LogP contribution < -0.4 is 5.32 Å². The van der Waals surface area contributed by atoms with E-state index in [-0.39, 0.29) is 41.5 Å². The predicted octanol–water partition coefficient (Wildman–Crippen LogP) is 4.71. The Morgan fingerprint density at radius 2 is 1.92 bits per heavy atom. The summed E-state index contributed by atoms with van der Waals surface area (Å²) >= 11 is 3.73. The first-order valence-corrected chi connectivity index (χ1v) is 18.2. The van der Waals surface area contributed by atoms with Crippen LogP contribution in [0.2, 0.25) is 0 Å². The van der Waals surface area contributed by atoms with Crippen LogP contribution in [0.25, 0.3) is 0 Å². The van der Waals surface area contributed by atoms with Crippen molar-refractivity contribution in [3.05, 3.63) is 61.2 Å². The van der Waals surface area contributed by atoms with Crippen LogP contribution in [-0.4, -0.2) is 93.0 Å². The number of carbonyl (C=O) groups is 4. The zero-order valence-electron chi connectivity index (χ0n) is 28.7. The molecule has 11 heteroatoms. The van der Waals surface area contributed by atoms with Gasteiger partial charge >= 0.3 is 5.97 Å². The van der Waals surface area contributed by atoms with E-state index in [4.69, 9.17) is 9.47 Å². The van der Waals surface area contributed by atoms with E-state index in [1.165, 1.54) is 4.90 Å². The molecule has 3 fully saturated rings. The summed E-state index contributed by atoms with van der Waals surface area (Å²) in [6.45, 7) is 15.8. The number of hydrogen-bond donors (Lipinski definition) is 2. The lowest BCUT2D eigenvalue weighted by Crippen LogP contribution is -2.59. The largest absolute Gasteiger partial charge is 0.455 e. The highest BCUT2D eigenvalue weighted by atomic mass is 79.9. The minimum absolute atomic E-state index is 0.129. The summed E-state index contributed by atoms with van der Waals surface area (Å²) in [6, 6.07) is 6.93. The maximum atomic E-state index is 14.7. The number of ether oxygens (including phenoxy) is 2. The monoisotopic (exact) mass is 729 g/mol. The van der Waals surface area contributed by atoms with E-state index < -0.39 is 53.7 Å². The maximum absolute atomic E-state index is 14.7. The van der Waals surface area contributed by atoms with Gasteiger partial charge in [-0.1, -0.05) is 85.6 Å². The van der Waals surface area contributed by atoms with Crippen molar-refractivity contribution in [3.8, 4) is 0 Å². The number of carbonyl (C=O) groups excluding carboxylic acids is 4. The second-order valence-corrected chi connectivity index (χ2v) is 14.9. The van der Waals surface area contributed by atoms with Crippen molar-refractivity contribution in [2.24, 2.45) is 17.8 Å². The number of fused-ring (bicyclic) bond motifs is 1. The van der Waals surface area contributed by atoms with Crippen molar-refractivity contribution in [3.63, 3.8) is 0 Å². The number of amides is 3. The number of nitrogens with one attached hydrogen (secondary N) is 1. The van der Waals surface area contributed by atoms with Gasteiger partial charge in [0.2, 0.25) is 17.7 Å². The molecule has 4 rings (SSSR count). The normalized spacial score (nSPS) is 27.7. The number of halogens is 1. The summed E-state index contributed by atoms with van der Waals surface area (Å²) in [4.78, 5) is 59.2. The third-order valence-corrected chi connectivity index (χ3v) is 10.7. The Hall–Kier alpha value is -3.02. The number of nitrogens with zero attached hydrogens (tertiary/aromatic N) is 2. The van der Waals surface area contributed by atoms with E-state index in [1.807, 2.05) is 51.1 Å². The molecule has 3 aliphatic rings. The molecule has 1 spiro atoms. The van der Waals surface area contributed by atoms with Gasteiger partial charge in [-0.2, -0.15) is 0 Å². The molecular weight excluding hydrogens is 678 g/mol. The highest BCUT2D eigenvalue weighted by Crippen LogP contribution is 2.61. The minimum atomic E-state index is -1.29. The van der Waals surface area contributed by atoms with Gasteiger partial charge in [-0.3, -0.25) is 19.2 Å². The highest BCUT2D eigenvalue weighted by molar-refractivity contribution is 9.09. The van der Waals surface area contributed by atoms with Gasteiger partial charge in [0.1, 0.15) is 17.7 Å². The van der Waals surface area contributed by atoms with Gasteiger partial charge in [0, 0.05) is 24.3 Å². The first-order valence-electron chi connectivity index (χ1n) is 17.3. The van der Waals surface area contributed by atoms with E-state index in [0.29, 0.717) is 37.9 Å². The number of alkyl halides is 1. The van der Waals surface area contributed by atoms with Crippen molar-refractivity contribution in [2.45, 2.75) is 107 Å². The fraction of sp³-hybridized carbons (Fsp3) is 0.622. The van der Waals surface area contributed by atoms with E-state index >= 15 is 0 Å². The Bertz CT molecular complexity index is 1330. The average molecular weight is 731 g/mol. The number of aliphatic hydroxyl groups is 1. The number of benzene rings is 1. The fourth-order valence-corrected chi connectivity index (χ4v) is 8.68. The lowest BCUT2D eigenvalue weighted by molar-refractivity contribution is -0.162. The van der Waals surface area contributed by atoms with Crippen molar-refractivity contribution in [2.75, 3.05) is 19.7 Å². The van der Waals surface area contributed by atoms with Gasteiger partial charge < -0.3 is 29.7 Å². The molecule has 48 heavy (non-hydrogen) atoms. The Balaban J connectivity index is 1.73. The van der Waals surface area contributed by atoms with Crippen LogP contribution in [0.4, 0.5) is 0 Å². The minimum Gasteiger partial charge on any atom is -0.455 e. The highest BCUT2D eigenvalue weighted by Gasteiger charge is 2.77. The summed E-state index contributed by atoms with van der Waals surface area (Å²) in [5.74, 6) is -3.34. The topological polar surface area (TPSA) is 125 Å². The van der Waals surface area contributed by atoms with Gasteiger partial charge in [0.25, 0.3) is 0 Å². The Morgan fingerprint density at radius 1 is 1.21 bits per heavy atom. The lowest BCUT2D eigenvalue weighted by Gasteiger charge is -2.39. The summed E-state index contributed by atoms with van der Waals surface area (Å²) in [6.07, 6.45) is 5.02. The summed E-state index contributed by atoms with van der Waals surface area (Å²) in [5, 5.41) is 13.6. The molecule has 10 nitrogen and oxygen atoms in total. The van der Waals surface area contributed by atoms with Gasteiger partial charge in [0.05, 0.1) is 36.6 Å².